The minimum absolute atomic E-state index is 0.0293. The molecular formula is C14H15BrN2O2. The van der Waals surface area contributed by atoms with E-state index in [0.717, 1.165) is 23.7 Å². The van der Waals surface area contributed by atoms with Crippen molar-refractivity contribution in [3.8, 4) is 11.8 Å². The Hall–Kier alpha value is -1.54. The Morgan fingerprint density at radius 1 is 1.53 bits per heavy atom. The van der Waals surface area contributed by atoms with E-state index in [-0.39, 0.29) is 17.9 Å². The van der Waals surface area contributed by atoms with E-state index in [1.807, 2.05) is 0 Å². The van der Waals surface area contributed by atoms with E-state index in [1.54, 1.807) is 25.3 Å². The maximum atomic E-state index is 12.1. The summed E-state index contributed by atoms with van der Waals surface area (Å²) in [5, 5.41) is 11.9. The minimum Gasteiger partial charge on any atom is -0.496 e. The first-order chi connectivity index (χ1) is 9.15. The van der Waals surface area contributed by atoms with Gasteiger partial charge in [0.2, 0.25) is 0 Å². The lowest BCUT2D eigenvalue weighted by Crippen LogP contribution is -2.36. The van der Waals surface area contributed by atoms with Crippen molar-refractivity contribution < 1.29 is 9.53 Å². The number of methoxy groups -OCH3 is 1. The average molecular weight is 323 g/mol. The number of nitriles is 1. The molecule has 19 heavy (non-hydrogen) atoms. The normalized spacial score (nSPS) is 21.7. The van der Waals surface area contributed by atoms with Crippen molar-refractivity contribution in [3.05, 3.63) is 28.2 Å². The lowest BCUT2D eigenvalue weighted by atomic mass is 10.1. The van der Waals surface area contributed by atoms with Gasteiger partial charge in [-0.2, -0.15) is 5.26 Å². The number of hydrogen-bond acceptors (Lipinski definition) is 3. The van der Waals surface area contributed by atoms with Crippen LogP contribution in [0.5, 0.6) is 5.75 Å². The quantitative estimate of drug-likeness (QED) is 0.930. The number of nitrogens with zero attached hydrogens (tertiary/aromatic N) is 1. The summed E-state index contributed by atoms with van der Waals surface area (Å²) < 4.78 is 5.87. The number of ether oxygens (including phenoxy) is 1. The average Bonchev–Trinajstić information content (AvgIpc) is 2.85. The molecule has 1 amide bonds. The molecule has 2 unspecified atom stereocenters. The van der Waals surface area contributed by atoms with Gasteiger partial charge in [-0.15, -0.1) is 0 Å². The number of carbonyl (C=O) groups excluding carboxylic acids is 1. The van der Waals surface area contributed by atoms with Crippen LogP contribution in [0.25, 0.3) is 0 Å². The van der Waals surface area contributed by atoms with Gasteiger partial charge in [0.25, 0.3) is 5.91 Å². The Balaban J connectivity index is 2.08. The third-order valence-corrected chi connectivity index (χ3v) is 4.03. The number of carbonyl (C=O) groups is 1. The molecule has 1 aromatic rings. The molecule has 1 aromatic carbocycles. The van der Waals surface area contributed by atoms with Gasteiger partial charge < -0.3 is 10.1 Å². The van der Waals surface area contributed by atoms with Gasteiger partial charge >= 0.3 is 0 Å². The predicted octanol–water partition coefficient (Wildman–Crippen LogP) is 2.88. The van der Waals surface area contributed by atoms with Crippen LogP contribution in [0.15, 0.2) is 22.7 Å². The standard InChI is InChI=1S/C14H15BrN2O2/c1-19-13-6-5-9(7-11(13)15)14(18)17-12-4-2-3-10(12)8-16/h5-7,10,12H,2-4H2,1H3,(H,17,18). The van der Waals surface area contributed by atoms with Crippen LogP contribution >= 0.6 is 15.9 Å². The monoisotopic (exact) mass is 322 g/mol. The van der Waals surface area contributed by atoms with Crippen molar-refractivity contribution in [2.24, 2.45) is 5.92 Å². The molecule has 1 fully saturated rings. The molecule has 100 valence electrons. The van der Waals surface area contributed by atoms with E-state index in [4.69, 9.17) is 10.00 Å². The molecule has 0 bridgehead atoms. The molecule has 0 spiro atoms. The van der Waals surface area contributed by atoms with Gasteiger partial charge in [0.05, 0.1) is 23.6 Å². The molecule has 0 heterocycles. The van der Waals surface area contributed by atoms with E-state index < -0.39 is 0 Å². The molecule has 1 aliphatic carbocycles. The topological polar surface area (TPSA) is 62.1 Å². The van der Waals surface area contributed by atoms with Crippen molar-refractivity contribution in [1.29, 1.82) is 5.26 Å². The predicted molar refractivity (Wildman–Crippen MR) is 74.9 cm³/mol. The molecule has 4 nitrogen and oxygen atoms in total. The highest BCUT2D eigenvalue weighted by Crippen LogP contribution is 2.27. The second-order valence-corrected chi connectivity index (χ2v) is 5.45. The zero-order valence-corrected chi connectivity index (χ0v) is 12.2. The summed E-state index contributed by atoms with van der Waals surface area (Å²) in [7, 11) is 1.58. The summed E-state index contributed by atoms with van der Waals surface area (Å²) in [5.41, 5.74) is 0.566. The summed E-state index contributed by atoms with van der Waals surface area (Å²) in [5.74, 6) is 0.480. The molecule has 1 saturated carbocycles. The maximum absolute atomic E-state index is 12.1. The Labute approximate surface area is 120 Å². The molecule has 0 aromatic heterocycles. The Kier molecular flexibility index (Phi) is 4.43. The summed E-state index contributed by atoms with van der Waals surface area (Å²) in [4.78, 5) is 12.1. The number of benzene rings is 1. The molecule has 0 radical (unpaired) electrons. The largest absolute Gasteiger partial charge is 0.496 e. The second-order valence-electron chi connectivity index (χ2n) is 4.60. The number of nitrogens with one attached hydrogen (secondary N) is 1. The zero-order chi connectivity index (χ0) is 13.8. The maximum Gasteiger partial charge on any atom is 0.251 e. The Bertz CT molecular complexity index is 525. The molecule has 2 rings (SSSR count). The number of hydrogen-bond donors (Lipinski definition) is 1. The van der Waals surface area contributed by atoms with E-state index in [1.165, 1.54) is 0 Å². The van der Waals surface area contributed by atoms with Crippen LogP contribution in [0, 0.1) is 17.2 Å². The third-order valence-electron chi connectivity index (χ3n) is 3.41. The smallest absolute Gasteiger partial charge is 0.251 e. The highest BCUT2D eigenvalue weighted by atomic mass is 79.9. The number of halogens is 1. The number of amides is 1. The highest BCUT2D eigenvalue weighted by Gasteiger charge is 2.28. The molecular weight excluding hydrogens is 308 g/mol. The van der Waals surface area contributed by atoms with Crippen LogP contribution in [-0.2, 0) is 0 Å². The van der Waals surface area contributed by atoms with Crippen molar-refractivity contribution in [2.75, 3.05) is 7.11 Å². The van der Waals surface area contributed by atoms with E-state index in [0.29, 0.717) is 11.3 Å². The van der Waals surface area contributed by atoms with Gasteiger partial charge in [0, 0.05) is 11.6 Å². The van der Waals surface area contributed by atoms with Crippen LogP contribution in [0.2, 0.25) is 0 Å². The fraction of sp³-hybridized carbons (Fsp3) is 0.429. The van der Waals surface area contributed by atoms with Crippen LogP contribution in [0.1, 0.15) is 29.6 Å². The first-order valence-corrected chi connectivity index (χ1v) is 6.99. The van der Waals surface area contributed by atoms with E-state index in [2.05, 4.69) is 27.3 Å². The van der Waals surface area contributed by atoms with Crippen molar-refractivity contribution >= 4 is 21.8 Å². The molecule has 1 N–H and O–H groups in total. The summed E-state index contributed by atoms with van der Waals surface area (Å²) >= 11 is 3.36. The van der Waals surface area contributed by atoms with E-state index >= 15 is 0 Å². The van der Waals surface area contributed by atoms with Crippen LogP contribution < -0.4 is 10.1 Å². The fourth-order valence-electron chi connectivity index (χ4n) is 2.35. The van der Waals surface area contributed by atoms with Gasteiger partial charge in [0.1, 0.15) is 5.75 Å². The van der Waals surface area contributed by atoms with Gasteiger partial charge in [-0.1, -0.05) is 0 Å². The van der Waals surface area contributed by atoms with Crippen LogP contribution in [-0.4, -0.2) is 19.1 Å². The zero-order valence-electron chi connectivity index (χ0n) is 10.6. The van der Waals surface area contributed by atoms with Gasteiger partial charge in [-0.25, -0.2) is 0 Å². The first-order valence-electron chi connectivity index (χ1n) is 6.19. The van der Waals surface area contributed by atoms with Gasteiger partial charge in [0.15, 0.2) is 0 Å². The molecule has 0 saturated heterocycles. The van der Waals surface area contributed by atoms with Gasteiger partial charge in [-0.3, -0.25) is 4.79 Å². The van der Waals surface area contributed by atoms with Gasteiger partial charge in [-0.05, 0) is 53.4 Å². The van der Waals surface area contributed by atoms with Crippen molar-refractivity contribution in [3.63, 3.8) is 0 Å². The van der Waals surface area contributed by atoms with Crippen molar-refractivity contribution in [2.45, 2.75) is 25.3 Å². The fourth-order valence-corrected chi connectivity index (χ4v) is 2.89. The lowest BCUT2D eigenvalue weighted by molar-refractivity contribution is 0.0932. The summed E-state index contributed by atoms with van der Waals surface area (Å²) in [6, 6.07) is 7.42. The van der Waals surface area contributed by atoms with Crippen LogP contribution in [0.4, 0.5) is 0 Å². The van der Waals surface area contributed by atoms with Crippen molar-refractivity contribution in [1.82, 2.24) is 5.32 Å². The molecule has 5 heteroatoms. The first kappa shape index (κ1) is 13.9. The molecule has 2 atom stereocenters. The summed E-state index contributed by atoms with van der Waals surface area (Å²) in [6.45, 7) is 0. The van der Waals surface area contributed by atoms with E-state index in [9.17, 15) is 4.79 Å². The highest BCUT2D eigenvalue weighted by molar-refractivity contribution is 9.10. The summed E-state index contributed by atoms with van der Waals surface area (Å²) in [6.07, 6.45) is 2.74. The SMILES string of the molecule is COc1ccc(C(=O)NC2CCCC2C#N)cc1Br. The molecule has 1 aliphatic rings. The molecule has 0 aliphatic heterocycles. The lowest BCUT2D eigenvalue weighted by Gasteiger charge is -2.16. The minimum atomic E-state index is -0.143. The second kappa shape index (κ2) is 6.07. The number of rotatable bonds is 3. The third kappa shape index (κ3) is 3.07. The Morgan fingerprint density at radius 2 is 2.32 bits per heavy atom. The van der Waals surface area contributed by atoms with Crippen LogP contribution in [0.3, 0.4) is 0 Å². The Morgan fingerprint density at radius 3 is 2.95 bits per heavy atom.